The van der Waals surface area contributed by atoms with Gasteiger partial charge in [0.05, 0.1) is 6.04 Å². The van der Waals surface area contributed by atoms with Gasteiger partial charge in [0.15, 0.2) is 0 Å². The first-order valence-electron chi connectivity index (χ1n) is 6.91. The summed E-state index contributed by atoms with van der Waals surface area (Å²) < 4.78 is 0. The Morgan fingerprint density at radius 3 is 2.21 bits per heavy atom. The minimum absolute atomic E-state index is 0.226. The summed E-state index contributed by atoms with van der Waals surface area (Å²) >= 11 is 1.90. The summed E-state index contributed by atoms with van der Waals surface area (Å²) in [6.45, 7) is 9.55. The van der Waals surface area contributed by atoms with E-state index in [1.165, 1.54) is 9.75 Å². The quantitative estimate of drug-likeness (QED) is 0.871. The second-order valence-corrected chi connectivity index (χ2v) is 7.60. The van der Waals surface area contributed by atoms with Crippen LogP contribution in [0.15, 0.2) is 12.1 Å². The van der Waals surface area contributed by atoms with Gasteiger partial charge in [-0.05, 0) is 38.7 Å². The third-order valence-electron chi connectivity index (χ3n) is 3.35. The molecule has 0 aliphatic rings. The highest BCUT2D eigenvalue weighted by atomic mass is 32.1. The van der Waals surface area contributed by atoms with Gasteiger partial charge in [0.25, 0.3) is 0 Å². The fourth-order valence-electron chi connectivity index (χ4n) is 1.96. The van der Waals surface area contributed by atoms with Crippen LogP contribution in [0.3, 0.4) is 0 Å². The molecule has 1 rings (SSSR count). The van der Waals surface area contributed by atoms with Gasteiger partial charge in [0.1, 0.15) is 0 Å². The molecule has 3 nitrogen and oxygen atoms in total. The van der Waals surface area contributed by atoms with E-state index in [2.05, 4.69) is 63.8 Å². The minimum atomic E-state index is 0.226. The predicted molar refractivity (Wildman–Crippen MR) is 86.0 cm³/mol. The molecule has 4 heteroatoms. The lowest BCUT2D eigenvalue weighted by Crippen LogP contribution is -2.35. The smallest absolute Gasteiger partial charge is 0.0562 e. The standard InChI is InChI=1S/C15H29N3S/c1-15(2,3)14-8-7-13(19-14)12(11-16)18(6)10-9-17(4)5/h7-8,12H,9-11,16H2,1-6H3. The topological polar surface area (TPSA) is 32.5 Å². The van der Waals surface area contributed by atoms with E-state index >= 15 is 0 Å². The average molecular weight is 283 g/mol. The summed E-state index contributed by atoms with van der Waals surface area (Å²) in [6, 6.07) is 4.83. The van der Waals surface area contributed by atoms with E-state index in [1.54, 1.807) is 0 Å². The molecule has 1 aromatic heterocycles. The van der Waals surface area contributed by atoms with Crippen molar-refractivity contribution in [2.75, 3.05) is 40.8 Å². The van der Waals surface area contributed by atoms with E-state index in [1.807, 2.05) is 11.3 Å². The molecular formula is C15H29N3S. The molecule has 0 saturated carbocycles. The summed E-state index contributed by atoms with van der Waals surface area (Å²) in [6.07, 6.45) is 0. The molecule has 0 amide bonds. The normalized spacial score (nSPS) is 14.4. The number of hydrogen-bond acceptors (Lipinski definition) is 4. The van der Waals surface area contributed by atoms with Crippen LogP contribution in [0, 0.1) is 0 Å². The molecule has 110 valence electrons. The molecular weight excluding hydrogens is 254 g/mol. The highest BCUT2D eigenvalue weighted by molar-refractivity contribution is 7.12. The Balaban J connectivity index is 2.77. The van der Waals surface area contributed by atoms with Gasteiger partial charge in [-0.3, -0.25) is 4.90 Å². The third-order valence-corrected chi connectivity index (χ3v) is 4.96. The van der Waals surface area contributed by atoms with Crippen LogP contribution in [-0.2, 0) is 5.41 Å². The molecule has 0 aromatic carbocycles. The zero-order valence-corrected chi connectivity index (χ0v) is 14.0. The van der Waals surface area contributed by atoms with E-state index in [4.69, 9.17) is 5.73 Å². The van der Waals surface area contributed by atoms with Crippen LogP contribution in [0.5, 0.6) is 0 Å². The zero-order chi connectivity index (χ0) is 14.6. The van der Waals surface area contributed by atoms with Gasteiger partial charge in [-0.25, -0.2) is 0 Å². The lowest BCUT2D eigenvalue weighted by Gasteiger charge is -2.27. The molecule has 1 aromatic rings. The van der Waals surface area contributed by atoms with Crippen LogP contribution in [0.25, 0.3) is 0 Å². The Kier molecular flexibility index (Phi) is 5.99. The van der Waals surface area contributed by atoms with Crippen molar-refractivity contribution in [2.45, 2.75) is 32.2 Å². The maximum atomic E-state index is 5.98. The monoisotopic (exact) mass is 283 g/mol. The van der Waals surface area contributed by atoms with E-state index < -0.39 is 0 Å². The summed E-state index contributed by atoms with van der Waals surface area (Å²) in [7, 11) is 6.37. The highest BCUT2D eigenvalue weighted by Crippen LogP contribution is 2.33. The van der Waals surface area contributed by atoms with Crippen molar-refractivity contribution in [3.05, 3.63) is 21.9 Å². The van der Waals surface area contributed by atoms with Crippen molar-refractivity contribution in [3.8, 4) is 0 Å². The number of rotatable bonds is 6. The first-order valence-corrected chi connectivity index (χ1v) is 7.72. The zero-order valence-electron chi connectivity index (χ0n) is 13.2. The second kappa shape index (κ2) is 6.84. The van der Waals surface area contributed by atoms with E-state index in [-0.39, 0.29) is 5.41 Å². The first kappa shape index (κ1) is 16.6. The Morgan fingerprint density at radius 1 is 1.16 bits per heavy atom. The van der Waals surface area contributed by atoms with Crippen LogP contribution in [0.4, 0.5) is 0 Å². The van der Waals surface area contributed by atoms with Crippen molar-refractivity contribution < 1.29 is 0 Å². The lowest BCUT2D eigenvalue weighted by atomic mass is 9.95. The van der Waals surface area contributed by atoms with Crippen molar-refractivity contribution in [1.29, 1.82) is 0 Å². The van der Waals surface area contributed by atoms with Gasteiger partial charge >= 0.3 is 0 Å². The number of likely N-dealkylation sites (N-methyl/N-ethyl adjacent to an activating group) is 2. The molecule has 1 heterocycles. The summed E-state index contributed by atoms with van der Waals surface area (Å²) in [5.41, 5.74) is 6.21. The largest absolute Gasteiger partial charge is 0.329 e. The second-order valence-electron chi connectivity index (χ2n) is 6.49. The van der Waals surface area contributed by atoms with Crippen LogP contribution in [0.2, 0.25) is 0 Å². The fourth-order valence-corrected chi connectivity index (χ4v) is 3.21. The van der Waals surface area contributed by atoms with Crippen LogP contribution in [0.1, 0.15) is 36.6 Å². The number of thiophene rings is 1. The molecule has 1 unspecified atom stereocenters. The van der Waals surface area contributed by atoms with E-state index in [0.717, 1.165) is 13.1 Å². The van der Waals surface area contributed by atoms with Crippen LogP contribution < -0.4 is 5.73 Å². The van der Waals surface area contributed by atoms with E-state index in [0.29, 0.717) is 12.6 Å². The Bertz CT molecular complexity index is 379. The number of nitrogens with zero attached hydrogens (tertiary/aromatic N) is 2. The predicted octanol–water partition coefficient (Wildman–Crippen LogP) is 2.54. The molecule has 0 aliphatic carbocycles. The molecule has 1 atom stereocenters. The maximum Gasteiger partial charge on any atom is 0.0562 e. The van der Waals surface area contributed by atoms with Gasteiger partial charge in [-0.2, -0.15) is 0 Å². The van der Waals surface area contributed by atoms with Gasteiger partial charge < -0.3 is 10.6 Å². The fraction of sp³-hybridized carbons (Fsp3) is 0.733. The van der Waals surface area contributed by atoms with E-state index in [9.17, 15) is 0 Å². The Hall–Kier alpha value is -0.420. The molecule has 0 bridgehead atoms. The Labute approximate surface area is 122 Å². The summed E-state index contributed by atoms with van der Waals surface area (Å²) in [4.78, 5) is 7.38. The van der Waals surface area contributed by atoms with Gasteiger partial charge in [0.2, 0.25) is 0 Å². The molecule has 2 N–H and O–H groups in total. The van der Waals surface area contributed by atoms with Crippen molar-refractivity contribution in [2.24, 2.45) is 5.73 Å². The van der Waals surface area contributed by atoms with Crippen LogP contribution in [-0.4, -0.2) is 50.6 Å². The van der Waals surface area contributed by atoms with Gasteiger partial charge in [-0.15, -0.1) is 11.3 Å². The molecule has 0 radical (unpaired) electrons. The number of nitrogens with two attached hydrogens (primary N) is 1. The lowest BCUT2D eigenvalue weighted by molar-refractivity contribution is 0.225. The number of hydrogen-bond donors (Lipinski definition) is 1. The highest BCUT2D eigenvalue weighted by Gasteiger charge is 2.21. The van der Waals surface area contributed by atoms with Crippen molar-refractivity contribution in [1.82, 2.24) is 9.80 Å². The third kappa shape index (κ3) is 4.88. The van der Waals surface area contributed by atoms with Gasteiger partial charge in [0, 0.05) is 29.4 Å². The molecule has 19 heavy (non-hydrogen) atoms. The minimum Gasteiger partial charge on any atom is -0.329 e. The van der Waals surface area contributed by atoms with Crippen molar-refractivity contribution >= 4 is 11.3 Å². The summed E-state index contributed by atoms with van der Waals surface area (Å²) in [5.74, 6) is 0. The maximum absolute atomic E-state index is 5.98. The van der Waals surface area contributed by atoms with Crippen LogP contribution >= 0.6 is 11.3 Å². The first-order chi connectivity index (χ1) is 8.75. The molecule has 0 aliphatic heterocycles. The average Bonchev–Trinajstić information content (AvgIpc) is 2.76. The SMILES string of the molecule is CN(C)CCN(C)C(CN)c1ccc(C(C)(C)C)s1. The van der Waals surface area contributed by atoms with Crippen molar-refractivity contribution in [3.63, 3.8) is 0 Å². The Morgan fingerprint density at radius 2 is 1.79 bits per heavy atom. The summed E-state index contributed by atoms with van der Waals surface area (Å²) in [5, 5.41) is 0. The molecule has 0 spiro atoms. The van der Waals surface area contributed by atoms with Gasteiger partial charge in [-0.1, -0.05) is 20.8 Å². The molecule has 0 fully saturated rings. The molecule has 0 saturated heterocycles.